The van der Waals surface area contributed by atoms with Crippen LogP contribution >= 0.6 is 0 Å². The lowest BCUT2D eigenvalue weighted by Gasteiger charge is -2.30. The maximum Gasteiger partial charge on any atom is 0.261 e. The zero-order valence-electron chi connectivity index (χ0n) is 18.7. The van der Waals surface area contributed by atoms with Gasteiger partial charge in [0.25, 0.3) is 5.91 Å². The number of rotatable bonds is 12. The molecule has 0 aliphatic rings. The van der Waals surface area contributed by atoms with Crippen LogP contribution in [0.2, 0.25) is 0 Å². The van der Waals surface area contributed by atoms with Crippen LogP contribution in [0.4, 0.5) is 0 Å². The van der Waals surface area contributed by atoms with Crippen molar-refractivity contribution in [1.82, 2.24) is 10.2 Å². The molecule has 7 nitrogen and oxygen atoms in total. The number of nitrogens with one attached hydrogen (secondary N) is 1. The number of benzene rings is 2. The average molecular weight is 429 g/mol. The summed E-state index contributed by atoms with van der Waals surface area (Å²) in [5.41, 5.74) is 0.867. The lowest BCUT2D eigenvalue weighted by Crippen LogP contribution is -2.50. The van der Waals surface area contributed by atoms with Gasteiger partial charge in [0.1, 0.15) is 11.8 Å². The van der Waals surface area contributed by atoms with E-state index in [1.165, 1.54) is 0 Å². The van der Waals surface area contributed by atoms with Gasteiger partial charge in [0, 0.05) is 13.1 Å². The van der Waals surface area contributed by atoms with Gasteiger partial charge in [-0.3, -0.25) is 9.59 Å². The number of ether oxygens (including phenoxy) is 3. The van der Waals surface area contributed by atoms with Crippen molar-refractivity contribution in [2.24, 2.45) is 0 Å². The molecule has 0 saturated carbocycles. The zero-order valence-corrected chi connectivity index (χ0v) is 18.7. The summed E-state index contributed by atoms with van der Waals surface area (Å²) in [4.78, 5) is 27.5. The minimum atomic E-state index is -0.605. The van der Waals surface area contributed by atoms with Crippen molar-refractivity contribution in [3.05, 3.63) is 54.1 Å². The molecule has 0 fully saturated rings. The first-order valence-electron chi connectivity index (χ1n) is 10.5. The number of hydrogen-bond acceptors (Lipinski definition) is 5. The molecule has 0 spiro atoms. The number of nitrogens with zero attached hydrogens (tertiary/aromatic N) is 1. The molecule has 1 atom stereocenters. The highest BCUT2D eigenvalue weighted by molar-refractivity contribution is 5.88. The van der Waals surface area contributed by atoms with Gasteiger partial charge in [-0.15, -0.1) is 0 Å². The summed E-state index contributed by atoms with van der Waals surface area (Å²) in [7, 11) is 3.14. The Hall–Kier alpha value is -3.22. The van der Waals surface area contributed by atoms with E-state index in [1.54, 1.807) is 31.3 Å². The normalized spacial score (nSPS) is 11.4. The molecule has 2 rings (SSSR count). The zero-order chi connectivity index (χ0) is 22.6. The van der Waals surface area contributed by atoms with Crippen molar-refractivity contribution in [3.8, 4) is 17.2 Å². The number of para-hydroxylation sites is 2. The van der Waals surface area contributed by atoms with Crippen LogP contribution in [0.3, 0.4) is 0 Å². The third-order valence-electron chi connectivity index (χ3n) is 4.84. The molecule has 7 heteroatoms. The number of hydrogen-bond donors (Lipinski definition) is 1. The van der Waals surface area contributed by atoms with Crippen LogP contribution in [0.25, 0.3) is 0 Å². The quantitative estimate of drug-likeness (QED) is 0.561. The molecule has 0 aromatic heterocycles. The van der Waals surface area contributed by atoms with Crippen molar-refractivity contribution in [1.29, 1.82) is 0 Å². The SMILES string of the molecule is CCCNC(=O)C(CC)N(Cc1cccc(OC)c1)C(=O)COc1ccccc1OC. The van der Waals surface area contributed by atoms with Gasteiger partial charge in [-0.25, -0.2) is 0 Å². The van der Waals surface area contributed by atoms with E-state index in [9.17, 15) is 9.59 Å². The monoisotopic (exact) mass is 428 g/mol. The van der Waals surface area contributed by atoms with Crippen molar-refractivity contribution in [2.75, 3.05) is 27.4 Å². The Kier molecular flexibility index (Phi) is 9.68. The Morgan fingerprint density at radius 2 is 1.74 bits per heavy atom. The topological polar surface area (TPSA) is 77.1 Å². The largest absolute Gasteiger partial charge is 0.497 e. The minimum Gasteiger partial charge on any atom is -0.497 e. The third kappa shape index (κ3) is 6.91. The first kappa shape index (κ1) is 24.1. The van der Waals surface area contributed by atoms with Crippen LogP contribution in [-0.2, 0) is 16.1 Å². The molecule has 2 aromatic carbocycles. The first-order chi connectivity index (χ1) is 15.0. The molecular formula is C24H32N2O5. The Morgan fingerprint density at radius 3 is 2.39 bits per heavy atom. The van der Waals surface area contributed by atoms with Gasteiger partial charge >= 0.3 is 0 Å². The maximum absolute atomic E-state index is 13.2. The van der Waals surface area contributed by atoms with E-state index >= 15 is 0 Å². The molecule has 2 amide bonds. The smallest absolute Gasteiger partial charge is 0.261 e. The Morgan fingerprint density at radius 1 is 1.00 bits per heavy atom. The fraction of sp³-hybridized carbons (Fsp3) is 0.417. The van der Waals surface area contributed by atoms with E-state index in [4.69, 9.17) is 14.2 Å². The summed E-state index contributed by atoms with van der Waals surface area (Å²) in [6.07, 6.45) is 1.31. The van der Waals surface area contributed by atoms with Crippen LogP contribution in [0, 0.1) is 0 Å². The molecule has 31 heavy (non-hydrogen) atoms. The Bertz CT molecular complexity index is 855. The van der Waals surface area contributed by atoms with Crippen LogP contribution in [0.1, 0.15) is 32.3 Å². The molecular weight excluding hydrogens is 396 g/mol. The average Bonchev–Trinajstić information content (AvgIpc) is 2.81. The van der Waals surface area contributed by atoms with Gasteiger partial charge in [-0.2, -0.15) is 0 Å². The second-order valence-corrected chi connectivity index (χ2v) is 7.03. The molecule has 1 unspecified atom stereocenters. The highest BCUT2D eigenvalue weighted by Gasteiger charge is 2.29. The van der Waals surface area contributed by atoms with Crippen molar-refractivity contribution < 1.29 is 23.8 Å². The van der Waals surface area contributed by atoms with E-state index in [0.717, 1.165) is 12.0 Å². The van der Waals surface area contributed by atoms with E-state index in [0.29, 0.717) is 30.2 Å². The number of methoxy groups -OCH3 is 2. The molecule has 168 valence electrons. The van der Waals surface area contributed by atoms with E-state index in [2.05, 4.69) is 5.32 Å². The highest BCUT2D eigenvalue weighted by atomic mass is 16.5. The van der Waals surface area contributed by atoms with E-state index in [-0.39, 0.29) is 25.0 Å². The van der Waals surface area contributed by atoms with Crippen molar-refractivity contribution in [3.63, 3.8) is 0 Å². The predicted molar refractivity (Wildman–Crippen MR) is 119 cm³/mol. The molecule has 0 heterocycles. The molecule has 0 aliphatic heterocycles. The summed E-state index contributed by atoms with van der Waals surface area (Å²) < 4.78 is 16.3. The summed E-state index contributed by atoms with van der Waals surface area (Å²) in [6, 6.07) is 14.0. The van der Waals surface area contributed by atoms with Gasteiger partial charge in [-0.05, 0) is 42.7 Å². The summed E-state index contributed by atoms with van der Waals surface area (Å²) in [5.74, 6) is 1.26. The van der Waals surface area contributed by atoms with Crippen LogP contribution in [0.15, 0.2) is 48.5 Å². The van der Waals surface area contributed by atoms with E-state index in [1.807, 2.05) is 50.2 Å². The predicted octanol–water partition coefficient (Wildman–Crippen LogP) is 3.42. The van der Waals surface area contributed by atoms with Gasteiger partial charge < -0.3 is 24.4 Å². The maximum atomic E-state index is 13.2. The second kappa shape index (κ2) is 12.5. The summed E-state index contributed by atoms with van der Waals surface area (Å²) in [5, 5.41) is 2.90. The standard InChI is InChI=1S/C24H32N2O5/c1-5-14-25-24(28)20(6-2)26(16-18-10-9-11-19(15-18)29-3)23(27)17-31-22-13-8-7-12-21(22)30-4/h7-13,15,20H,5-6,14,16-17H2,1-4H3,(H,25,28). The summed E-state index contributed by atoms with van der Waals surface area (Å²) in [6.45, 7) is 4.50. The number of amides is 2. The Balaban J connectivity index is 2.23. The van der Waals surface area contributed by atoms with Crippen molar-refractivity contribution >= 4 is 11.8 Å². The Labute approximate surface area is 184 Å². The van der Waals surface area contributed by atoms with E-state index < -0.39 is 6.04 Å². The highest BCUT2D eigenvalue weighted by Crippen LogP contribution is 2.26. The minimum absolute atomic E-state index is 0.169. The molecule has 0 radical (unpaired) electrons. The lowest BCUT2D eigenvalue weighted by atomic mass is 10.1. The third-order valence-corrected chi connectivity index (χ3v) is 4.84. The van der Waals surface area contributed by atoms with Crippen LogP contribution < -0.4 is 19.5 Å². The van der Waals surface area contributed by atoms with Gasteiger partial charge in [0.05, 0.1) is 14.2 Å². The first-order valence-corrected chi connectivity index (χ1v) is 10.5. The van der Waals surface area contributed by atoms with Gasteiger partial charge in [0.2, 0.25) is 5.91 Å². The van der Waals surface area contributed by atoms with Crippen LogP contribution in [-0.4, -0.2) is 50.1 Å². The molecule has 0 saturated heterocycles. The number of carbonyl (C=O) groups is 2. The number of carbonyl (C=O) groups excluding carboxylic acids is 2. The second-order valence-electron chi connectivity index (χ2n) is 7.03. The van der Waals surface area contributed by atoms with Gasteiger partial charge in [-0.1, -0.05) is 38.1 Å². The molecule has 0 aliphatic carbocycles. The molecule has 0 bridgehead atoms. The fourth-order valence-corrected chi connectivity index (χ4v) is 3.21. The summed E-state index contributed by atoms with van der Waals surface area (Å²) >= 11 is 0. The van der Waals surface area contributed by atoms with Crippen LogP contribution in [0.5, 0.6) is 17.2 Å². The molecule has 1 N–H and O–H groups in total. The van der Waals surface area contributed by atoms with Crippen molar-refractivity contribution in [2.45, 2.75) is 39.3 Å². The lowest BCUT2D eigenvalue weighted by molar-refractivity contribution is -0.143. The molecule has 2 aromatic rings. The van der Waals surface area contributed by atoms with Gasteiger partial charge in [0.15, 0.2) is 18.1 Å². The fourth-order valence-electron chi connectivity index (χ4n) is 3.21.